The van der Waals surface area contributed by atoms with Gasteiger partial charge in [-0.3, -0.25) is 0 Å². The molecule has 0 aliphatic carbocycles. The van der Waals surface area contributed by atoms with E-state index in [2.05, 4.69) is 5.32 Å². The van der Waals surface area contributed by atoms with Crippen molar-refractivity contribution < 1.29 is 13.9 Å². The van der Waals surface area contributed by atoms with Crippen LogP contribution in [0.3, 0.4) is 0 Å². The first kappa shape index (κ1) is 15.1. The van der Waals surface area contributed by atoms with Gasteiger partial charge in [0.1, 0.15) is 11.6 Å². The topological polar surface area (TPSA) is 32.3 Å². The summed E-state index contributed by atoms with van der Waals surface area (Å²) in [6, 6.07) is 3.43. The van der Waals surface area contributed by atoms with E-state index >= 15 is 0 Å². The highest BCUT2D eigenvalue weighted by Gasteiger charge is 2.23. The summed E-state index contributed by atoms with van der Waals surface area (Å²) >= 11 is 0. The van der Waals surface area contributed by atoms with Gasteiger partial charge in [0.15, 0.2) is 0 Å². The fourth-order valence-corrected chi connectivity index (χ4v) is 1.72. The van der Waals surface area contributed by atoms with Gasteiger partial charge in [-0.15, -0.1) is 0 Å². The van der Waals surface area contributed by atoms with Crippen LogP contribution in [0.5, 0.6) is 0 Å². The van der Waals surface area contributed by atoms with E-state index in [9.17, 15) is 13.9 Å². The monoisotopic (exact) mass is 257 g/mol. The molecule has 0 aliphatic rings. The van der Waals surface area contributed by atoms with Crippen LogP contribution in [0.15, 0.2) is 18.2 Å². The number of aliphatic hydroxyl groups is 1. The van der Waals surface area contributed by atoms with Gasteiger partial charge in [0.2, 0.25) is 0 Å². The number of aliphatic hydroxyl groups excluding tert-OH is 1. The lowest BCUT2D eigenvalue weighted by molar-refractivity contribution is 0.132. The van der Waals surface area contributed by atoms with E-state index < -0.39 is 17.7 Å². The number of rotatable bonds is 6. The van der Waals surface area contributed by atoms with Crippen LogP contribution in [-0.4, -0.2) is 18.3 Å². The normalized spacial score (nSPS) is 16.3. The van der Waals surface area contributed by atoms with Crippen molar-refractivity contribution in [2.45, 2.75) is 33.2 Å². The average Bonchev–Trinajstić information content (AvgIpc) is 2.36. The fraction of sp³-hybridized carbons (Fsp3) is 0.571. The molecule has 2 N–H and O–H groups in total. The first-order chi connectivity index (χ1) is 8.43. The minimum absolute atomic E-state index is 0.0446. The van der Waals surface area contributed by atoms with Crippen molar-refractivity contribution in [3.63, 3.8) is 0 Å². The molecule has 2 unspecified atom stereocenters. The predicted octanol–water partition coefficient (Wildman–Crippen LogP) is 3.02. The number of halogens is 2. The highest BCUT2D eigenvalue weighted by Crippen LogP contribution is 2.23. The highest BCUT2D eigenvalue weighted by molar-refractivity contribution is 5.22. The van der Waals surface area contributed by atoms with Crippen LogP contribution in [0.2, 0.25) is 0 Å². The Hall–Kier alpha value is -1.00. The SMILES string of the molecule is CCC(C)(CO)CNC(C)c1c(F)cccc1F. The molecule has 18 heavy (non-hydrogen) atoms. The third-order valence-corrected chi connectivity index (χ3v) is 3.50. The molecule has 0 amide bonds. The summed E-state index contributed by atoms with van der Waals surface area (Å²) in [6.45, 7) is 6.18. The third-order valence-electron chi connectivity index (χ3n) is 3.50. The lowest BCUT2D eigenvalue weighted by atomic mass is 9.88. The molecule has 0 radical (unpaired) electrons. The second-order valence-corrected chi connectivity index (χ2v) is 5.06. The number of hydrogen-bond acceptors (Lipinski definition) is 2. The molecule has 4 heteroatoms. The summed E-state index contributed by atoms with van der Waals surface area (Å²) in [7, 11) is 0. The second kappa shape index (κ2) is 6.25. The summed E-state index contributed by atoms with van der Waals surface area (Å²) in [5, 5.41) is 12.4. The number of benzene rings is 1. The molecule has 0 heterocycles. The maximum absolute atomic E-state index is 13.6. The first-order valence-corrected chi connectivity index (χ1v) is 6.21. The Balaban J connectivity index is 2.74. The maximum atomic E-state index is 13.6. The van der Waals surface area contributed by atoms with Gasteiger partial charge in [0, 0.05) is 30.2 Å². The van der Waals surface area contributed by atoms with E-state index in [1.807, 2.05) is 13.8 Å². The largest absolute Gasteiger partial charge is 0.396 e. The van der Waals surface area contributed by atoms with Crippen LogP contribution in [0, 0.1) is 17.0 Å². The van der Waals surface area contributed by atoms with Gasteiger partial charge in [0.25, 0.3) is 0 Å². The zero-order valence-corrected chi connectivity index (χ0v) is 11.1. The zero-order valence-electron chi connectivity index (χ0n) is 11.1. The van der Waals surface area contributed by atoms with E-state index in [1.54, 1.807) is 6.92 Å². The fourth-order valence-electron chi connectivity index (χ4n) is 1.72. The van der Waals surface area contributed by atoms with Gasteiger partial charge in [-0.1, -0.05) is 19.9 Å². The quantitative estimate of drug-likeness (QED) is 0.821. The Kier molecular flexibility index (Phi) is 5.23. The van der Waals surface area contributed by atoms with Crippen LogP contribution in [-0.2, 0) is 0 Å². The molecule has 0 spiro atoms. The Labute approximate surface area is 107 Å². The Morgan fingerprint density at radius 3 is 2.33 bits per heavy atom. The summed E-state index contributed by atoms with van der Waals surface area (Å²) in [5.74, 6) is -1.09. The molecule has 1 aromatic carbocycles. The lowest BCUT2D eigenvalue weighted by Crippen LogP contribution is -2.36. The molecule has 0 saturated carbocycles. The predicted molar refractivity (Wildman–Crippen MR) is 68.3 cm³/mol. The Morgan fingerprint density at radius 1 is 1.33 bits per heavy atom. The first-order valence-electron chi connectivity index (χ1n) is 6.21. The molecule has 0 aromatic heterocycles. The number of nitrogens with one attached hydrogen (secondary N) is 1. The molecular formula is C14H21F2NO. The average molecular weight is 257 g/mol. The Morgan fingerprint density at radius 2 is 1.89 bits per heavy atom. The highest BCUT2D eigenvalue weighted by atomic mass is 19.1. The van der Waals surface area contributed by atoms with Crippen molar-refractivity contribution >= 4 is 0 Å². The molecule has 0 bridgehead atoms. The van der Waals surface area contributed by atoms with Crippen LogP contribution < -0.4 is 5.32 Å². The Bertz CT molecular complexity index is 371. The summed E-state index contributed by atoms with van der Waals surface area (Å²) in [5.41, 5.74) is -0.218. The minimum atomic E-state index is -0.544. The molecule has 1 aromatic rings. The van der Waals surface area contributed by atoms with Crippen molar-refractivity contribution in [2.24, 2.45) is 5.41 Å². The molecule has 0 aliphatic heterocycles. The van der Waals surface area contributed by atoms with Gasteiger partial charge < -0.3 is 10.4 Å². The molecule has 0 fully saturated rings. The molecule has 2 atom stereocenters. The summed E-state index contributed by atoms with van der Waals surface area (Å²) in [4.78, 5) is 0. The van der Waals surface area contributed by atoms with Crippen LogP contribution >= 0.6 is 0 Å². The second-order valence-electron chi connectivity index (χ2n) is 5.06. The van der Waals surface area contributed by atoms with E-state index in [0.29, 0.717) is 6.54 Å². The molecule has 0 saturated heterocycles. The zero-order chi connectivity index (χ0) is 13.8. The standard InChI is InChI=1S/C14H21F2NO/c1-4-14(3,9-18)8-17-10(2)13-11(15)6-5-7-12(13)16/h5-7,10,17-18H,4,8-9H2,1-3H3. The van der Waals surface area contributed by atoms with Crippen LogP contribution in [0.1, 0.15) is 38.8 Å². The molecule has 102 valence electrons. The van der Waals surface area contributed by atoms with E-state index in [-0.39, 0.29) is 17.6 Å². The maximum Gasteiger partial charge on any atom is 0.130 e. The van der Waals surface area contributed by atoms with Gasteiger partial charge in [0.05, 0.1) is 0 Å². The lowest BCUT2D eigenvalue weighted by Gasteiger charge is -2.28. The minimum Gasteiger partial charge on any atom is -0.396 e. The van der Waals surface area contributed by atoms with Crippen molar-refractivity contribution in [1.82, 2.24) is 5.32 Å². The van der Waals surface area contributed by atoms with E-state index in [0.717, 1.165) is 6.42 Å². The van der Waals surface area contributed by atoms with Gasteiger partial charge in [-0.05, 0) is 25.5 Å². The third kappa shape index (κ3) is 3.50. The smallest absolute Gasteiger partial charge is 0.130 e. The summed E-state index contributed by atoms with van der Waals surface area (Å²) in [6.07, 6.45) is 0.795. The van der Waals surface area contributed by atoms with Crippen molar-refractivity contribution in [1.29, 1.82) is 0 Å². The van der Waals surface area contributed by atoms with Gasteiger partial charge in [-0.25, -0.2) is 8.78 Å². The number of hydrogen-bond donors (Lipinski definition) is 2. The molecular weight excluding hydrogens is 236 g/mol. The van der Waals surface area contributed by atoms with Crippen molar-refractivity contribution in [3.8, 4) is 0 Å². The molecule has 2 nitrogen and oxygen atoms in total. The van der Waals surface area contributed by atoms with Crippen molar-refractivity contribution in [3.05, 3.63) is 35.4 Å². The van der Waals surface area contributed by atoms with Gasteiger partial charge in [-0.2, -0.15) is 0 Å². The van der Waals surface area contributed by atoms with E-state index in [4.69, 9.17) is 0 Å². The van der Waals surface area contributed by atoms with Crippen molar-refractivity contribution in [2.75, 3.05) is 13.2 Å². The molecule has 1 rings (SSSR count). The van der Waals surface area contributed by atoms with Crippen LogP contribution in [0.25, 0.3) is 0 Å². The van der Waals surface area contributed by atoms with Crippen LogP contribution in [0.4, 0.5) is 8.78 Å². The van der Waals surface area contributed by atoms with E-state index in [1.165, 1.54) is 18.2 Å². The van der Waals surface area contributed by atoms with Gasteiger partial charge >= 0.3 is 0 Å². The summed E-state index contributed by atoms with van der Waals surface area (Å²) < 4.78 is 27.1.